The lowest BCUT2D eigenvalue weighted by molar-refractivity contribution is -0.147. The minimum absolute atomic E-state index is 0.0959. The van der Waals surface area contributed by atoms with Crippen LogP contribution in [0.4, 0.5) is 8.78 Å². The molecule has 6 nitrogen and oxygen atoms in total. The van der Waals surface area contributed by atoms with Crippen LogP contribution in [-0.2, 0) is 20.9 Å². The smallest absolute Gasteiger partial charge is 0.387 e. The zero-order chi connectivity index (χ0) is 21.2. The van der Waals surface area contributed by atoms with Crippen LogP contribution in [0.25, 0.3) is 6.08 Å². The van der Waals surface area contributed by atoms with Crippen LogP contribution in [-0.4, -0.2) is 44.2 Å². The van der Waals surface area contributed by atoms with Crippen LogP contribution in [0, 0.1) is 0 Å². The molecule has 0 aliphatic carbocycles. The van der Waals surface area contributed by atoms with E-state index in [-0.39, 0.29) is 23.0 Å². The second-order valence-corrected chi connectivity index (χ2v) is 5.93. The second-order valence-electron chi connectivity index (χ2n) is 5.93. The molecule has 0 aromatic heterocycles. The third kappa shape index (κ3) is 6.91. The number of likely N-dealkylation sites (N-methyl/N-ethyl adjacent to an activating group) is 1. The molecule has 0 aliphatic rings. The number of nitrogens with zero attached hydrogens (tertiary/aromatic N) is 1. The fraction of sp³-hybridized carbons (Fsp3) is 0.238. The predicted molar refractivity (Wildman–Crippen MR) is 103 cm³/mol. The summed E-state index contributed by atoms with van der Waals surface area (Å²) in [5.41, 5.74) is 1.15. The van der Waals surface area contributed by atoms with Crippen molar-refractivity contribution in [3.63, 3.8) is 0 Å². The van der Waals surface area contributed by atoms with Crippen molar-refractivity contribution in [1.82, 2.24) is 4.90 Å². The SMILES string of the molecule is COc1cccc(/C=C/C(=O)OCC(=O)N(C)Cc2ccccc2)c1OC(F)F. The van der Waals surface area contributed by atoms with E-state index in [4.69, 9.17) is 9.47 Å². The quantitative estimate of drug-likeness (QED) is 0.472. The van der Waals surface area contributed by atoms with Crippen LogP contribution in [0.3, 0.4) is 0 Å². The average molecular weight is 405 g/mol. The molecule has 1 amide bonds. The van der Waals surface area contributed by atoms with Gasteiger partial charge in [-0.15, -0.1) is 0 Å². The maximum absolute atomic E-state index is 12.6. The Morgan fingerprint density at radius 3 is 2.48 bits per heavy atom. The van der Waals surface area contributed by atoms with Gasteiger partial charge in [-0.3, -0.25) is 4.79 Å². The number of rotatable bonds is 9. The topological polar surface area (TPSA) is 65.1 Å². The second kappa shape index (κ2) is 10.8. The molecular formula is C21H21F2NO5. The standard InChI is InChI=1S/C21H21F2NO5/c1-24(13-15-7-4-3-5-8-15)18(25)14-28-19(26)12-11-16-9-6-10-17(27-2)20(16)29-21(22)23/h3-12,21H,13-14H2,1-2H3/b12-11+. The number of carbonyl (C=O) groups is 2. The van der Waals surface area contributed by atoms with Crippen molar-refractivity contribution in [2.75, 3.05) is 20.8 Å². The molecule has 0 atom stereocenters. The van der Waals surface area contributed by atoms with Crippen LogP contribution in [0.5, 0.6) is 11.5 Å². The van der Waals surface area contributed by atoms with Crippen LogP contribution in [0.2, 0.25) is 0 Å². The van der Waals surface area contributed by atoms with Gasteiger partial charge in [0.05, 0.1) is 7.11 Å². The van der Waals surface area contributed by atoms with Gasteiger partial charge in [-0.2, -0.15) is 8.78 Å². The summed E-state index contributed by atoms with van der Waals surface area (Å²) in [6, 6.07) is 13.9. The molecule has 0 N–H and O–H groups in total. The van der Waals surface area contributed by atoms with Crippen molar-refractivity contribution in [2.45, 2.75) is 13.2 Å². The third-order valence-corrected chi connectivity index (χ3v) is 3.86. The summed E-state index contributed by atoms with van der Waals surface area (Å²) < 4.78 is 39.6. The van der Waals surface area contributed by atoms with E-state index < -0.39 is 19.2 Å². The van der Waals surface area contributed by atoms with E-state index in [2.05, 4.69) is 4.74 Å². The maximum atomic E-state index is 12.6. The lowest BCUT2D eigenvalue weighted by Crippen LogP contribution is -2.30. The molecular weight excluding hydrogens is 384 g/mol. The Morgan fingerprint density at radius 2 is 1.83 bits per heavy atom. The number of halogens is 2. The van der Waals surface area contributed by atoms with Gasteiger partial charge in [0.25, 0.3) is 5.91 Å². The van der Waals surface area contributed by atoms with Gasteiger partial charge in [-0.05, 0) is 17.7 Å². The largest absolute Gasteiger partial charge is 0.493 e. The molecule has 0 unspecified atom stereocenters. The Bertz CT molecular complexity index is 855. The highest BCUT2D eigenvalue weighted by Gasteiger charge is 2.15. The zero-order valence-electron chi connectivity index (χ0n) is 16.0. The zero-order valence-corrected chi connectivity index (χ0v) is 16.0. The van der Waals surface area contributed by atoms with Crippen LogP contribution >= 0.6 is 0 Å². The van der Waals surface area contributed by atoms with Gasteiger partial charge in [0.15, 0.2) is 18.1 Å². The van der Waals surface area contributed by atoms with E-state index in [1.54, 1.807) is 13.1 Å². The lowest BCUT2D eigenvalue weighted by Gasteiger charge is -2.16. The Balaban J connectivity index is 1.93. The fourth-order valence-corrected chi connectivity index (χ4v) is 2.43. The van der Waals surface area contributed by atoms with Crippen molar-refractivity contribution < 1.29 is 32.6 Å². The number of hydrogen-bond acceptors (Lipinski definition) is 5. The van der Waals surface area contributed by atoms with E-state index in [0.717, 1.165) is 11.6 Å². The molecule has 0 heterocycles. The summed E-state index contributed by atoms with van der Waals surface area (Å²) in [5.74, 6) is -1.28. The number of ether oxygens (including phenoxy) is 3. The molecule has 0 radical (unpaired) electrons. The number of alkyl halides is 2. The first-order valence-electron chi connectivity index (χ1n) is 8.65. The van der Waals surface area contributed by atoms with E-state index >= 15 is 0 Å². The summed E-state index contributed by atoms with van der Waals surface area (Å²) in [4.78, 5) is 25.4. The normalized spacial score (nSPS) is 10.8. The number of esters is 1. The Morgan fingerprint density at radius 1 is 1.10 bits per heavy atom. The van der Waals surface area contributed by atoms with Crippen LogP contribution < -0.4 is 9.47 Å². The average Bonchev–Trinajstić information content (AvgIpc) is 2.71. The number of methoxy groups -OCH3 is 1. The van der Waals surface area contributed by atoms with Crippen molar-refractivity contribution in [3.05, 3.63) is 65.7 Å². The summed E-state index contributed by atoms with van der Waals surface area (Å²) in [6.07, 6.45) is 2.28. The Kier molecular flexibility index (Phi) is 8.14. The minimum Gasteiger partial charge on any atom is -0.493 e. The molecule has 2 rings (SSSR count). The molecule has 29 heavy (non-hydrogen) atoms. The summed E-state index contributed by atoms with van der Waals surface area (Å²) in [7, 11) is 2.91. The number of benzene rings is 2. The molecule has 0 bridgehead atoms. The first-order valence-corrected chi connectivity index (χ1v) is 8.65. The molecule has 8 heteroatoms. The number of carbonyl (C=O) groups excluding carboxylic acids is 2. The van der Waals surface area contributed by atoms with E-state index in [1.807, 2.05) is 30.3 Å². The minimum atomic E-state index is -3.05. The van der Waals surface area contributed by atoms with Crippen LogP contribution in [0.1, 0.15) is 11.1 Å². The number of para-hydroxylation sites is 1. The molecule has 2 aromatic carbocycles. The third-order valence-electron chi connectivity index (χ3n) is 3.86. The van der Waals surface area contributed by atoms with Crippen molar-refractivity contribution in [2.24, 2.45) is 0 Å². The number of amides is 1. The fourth-order valence-electron chi connectivity index (χ4n) is 2.43. The van der Waals surface area contributed by atoms with Crippen molar-refractivity contribution in [1.29, 1.82) is 0 Å². The molecule has 0 saturated heterocycles. The molecule has 2 aromatic rings. The van der Waals surface area contributed by atoms with E-state index in [1.165, 1.54) is 30.2 Å². The van der Waals surface area contributed by atoms with Gasteiger partial charge in [-0.25, -0.2) is 4.79 Å². The number of hydrogen-bond donors (Lipinski definition) is 0. The van der Waals surface area contributed by atoms with Gasteiger partial charge in [-0.1, -0.05) is 42.5 Å². The molecule has 154 valence electrons. The lowest BCUT2D eigenvalue weighted by atomic mass is 10.1. The van der Waals surface area contributed by atoms with E-state index in [9.17, 15) is 18.4 Å². The monoisotopic (exact) mass is 405 g/mol. The Hall–Kier alpha value is -3.42. The van der Waals surface area contributed by atoms with Crippen molar-refractivity contribution >= 4 is 18.0 Å². The highest BCUT2D eigenvalue weighted by atomic mass is 19.3. The summed E-state index contributed by atoms with van der Waals surface area (Å²) >= 11 is 0. The predicted octanol–water partition coefficient (Wildman–Crippen LogP) is 3.51. The van der Waals surface area contributed by atoms with Gasteiger partial charge < -0.3 is 19.1 Å². The first kappa shape index (κ1) is 21.9. The molecule has 0 saturated carbocycles. The van der Waals surface area contributed by atoms with E-state index in [0.29, 0.717) is 6.54 Å². The van der Waals surface area contributed by atoms with Gasteiger partial charge in [0.2, 0.25) is 0 Å². The molecule has 0 spiro atoms. The highest BCUT2D eigenvalue weighted by Crippen LogP contribution is 2.33. The summed E-state index contributed by atoms with van der Waals surface area (Å²) in [6.45, 7) is -3.11. The first-order chi connectivity index (χ1) is 13.9. The summed E-state index contributed by atoms with van der Waals surface area (Å²) in [5, 5.41) is 0. The van der Waals surface area contributed by atoms with Crippen LogP contribution in [0.15, 0.2) is 54.6 Å². The highest BCUT2D eigenvalue weighted by molar-refractivity contribution is 5.89. The molecule has 0 aliphatic heterocycles. The maximum Gasteiger partial charge on any atom is 0.387 e. The van der Waals surface area contributed by atoms with Gasteiger partial charge in [0.1, 0.15) is 0 Å². The van der Waals surface area contributed by atoms with Crippen molar-refractivity contribution in [3.8, 4) is 11.5 Å². The van der Waals surface area contributed by atoms with Gasteiger partial charge >= 0.3 is 12.6 Å². The van der Waals surface area contributed by atoms with Gasteiger partial charge in [0, 0.05) is 25.2 Å². The Labute approximate surface area is 167 Å². The molecule has 0 fully saturated rings.